The topological polar surface area (TPSA) is 93.6 Å². The van der Waals surface area contributed by atoms with Crippen LogP contribution in [0.5, 0.6) is 0 Å². The minimum Gasteiger partial charge on any atom is -0.386 e. The molecule has 0 radical (unpaired) electrons. The van der Waals surface area contributed by atoms with Crippen molar-refractivity contribution in [3.63, 3.8) is 0 Å². The van der Waals surface area contributed by atoms with Crippen LogP contribution in [0.15, 0.2) is 47.9 Å². The Bertz CT molecular complexity index is 956. The molecule has 2 heterocycles. The maximum absolute atomic E-state index is 13.5. The molecule has 0 aromatic heterocycles. The van der Waals surface area contributed by atoms with Crippen molar-refractivity contribution in [2.45, 2.75) is 27.2 Å². The Morgan fingerprint density at radius 2 is 1.74 bits per heavy atom. The van der Waals surface area contributed by atoms with Gasteiger partial charge < -0.3 is 15.6 Å². The van der Waals surface area contributed by atoms with E-state index in [1.54, 1.807) is 29.2 Å². The maximum atomic E-state index is 13.5. The molecule has 2 aliphatic rings. The van der Waals surface area contributed by atoms with Gasteiger partial charge in [-0.2, -0.15) is 0 Å². The monoisotopic (exact) mass is 426 g/mol. The second-order valence-corrected chi connectivity index (χ2v) is 8.96. The number of likely N-dealkylation sites (tertiary alicyclic amines) is 1. The van der Waals surface area contributed by atoms with Gasteiger partial charge in [-0.05, 0) is 23.1 Å². The van der Waals surface area contributed by atoms with Crippen molar-refractivity contribution in [2.75, 3.05) is 26.2 Å². The minimum absolute atomic E-state index is 0.00671. The standard InChI is InChI=1S/C23H27FN4O3/c1-23(2,3)14-27-9-8-19(25)18(20(27)29)12-26-11-15(10-24)13-28-21(30)16-6-4-5-7-17(16)22(28)31/h4-7,10,12,25-26H,8-9,11,13-14H2,1-3H3/b15-10-,18-12+,25-19?. The molecule has 2 aliphatic heterocycles. The van der Waals surface area contributed by atoms with Crippen molar-refractivity contribution in [1.29, 1.82) is 5.41 Å². The van der Waals surface area contributed by atoms with Crippen LogP contribution in [0.1, 0.15) is 47.9 Å². The summed E-state index contributed by atoms with van der Waals surface area (Å²) >= 11 is 0. The van der Waals surface area contributed by atoms with Crippen molar-refractivity contribution >= 4 is 23.4 Å². The Kier molecular flexibility index (Phi) is 6.38. The molecule has 31 heavy (non-hydrogen) atoms. The van der Waals surface area contributed by atoms with Crippen molar-refractivity contribution in [3.8, 4) is 0 Å². The molecule has 0 spiro atoms. The van der Waals surface area contributed by atoms with Gasteiger partial charge in [-0.25, -0.2) is 4.39 Å². The summed E-state index contributed by atoms with van der Waals surface area (Å²) in [5.41, 5.74) is 1.20. The molecule has 2 N–H and O–H groups in total. The van der Waals surface area contributed by atoms with Crippen LogP contribution in [0.3, 0.4) is 0 Å². The summed E-state index contributed by atoms with van der Waals surface area (Å²) < 4.78 is 13.5. The molecule has 1 fully saturated rings. The van der Waals surface area contributed by atoms with Crippen LogP contribution in [-0.2, 0) is 4.79 Å². The Hall–Kier alpha value is -3.29. The van der Waals surface area contributed by atoms with E-state index in [2.05, 4.69) is 5.32 Å². The molecule has 1 aromatic rings. The predicted octanol–water partition coefficient (Wildman–Crippen LogP) is 2.91. The van der Waals surface area contributed by atoms with Gasteiger partial charge in [0.05, 0.1) is 29.6 Å². The van der Waals surface area contributed by atoms with Gasteiger partial charge in [0.15, 0.2) is 0 Å². The van der Waals surface area contributed by atoms with Crippen LogP contribution in [0.25, 0.3) is 0 Å². The van der Waals surface area contributed by atoms with Crippen LogP contribution < -0.4 is 5.32 Å². The number of hydrogen-bond acceptors (Lipinski definition) is 5. The number of nitrogens with one attached hydrogen (secondary N) is 2. The number of carbonyl (C=O) groups is 3. The lowest BCUT2D eigenvalue weighted by Gasteiger charge is -2.34. The quantitative estimate of drug-likeness (QED) is 0.540. The number of fused-ring (bicyclic) bond motifs is 1. The van der Waals surface area contributed by atoms with Crippen LogP contribution in [0.2, 0.25) is 0 Å². The zero-order valence-corrected chi connectivity index (χ0v) is 18.0. The van der Waals surface area contributed by atoms with E-state index in [4.69, 9.17) is 5.41 Å². The molecule has 0 bridgehead atoms. The van der Waals surface area contributed by atoms with E-state index < -0.39 is 11.8 Å². The van der Waals surface area contributed by atoms with Gasteiger partial charge in [-0.15, -0.1) is 0 Å². The number of nitrogens with zero attached hydrogens (tertiary/aromatic N) is 2. The second kappa shape index (κ2) is 8.83. The fourth-order valence-electron chi connectivity index (χ4n) is 3.65. The smallest absolute Gasteiger partial charge is 0.261 e. The zero-order chi connectivity index (χ0) is 22.8. The third-order valence-electron chi connectivity index (χ3n) is 5.11. The SMILES string of the molecule is CC(C)(C)CN1CCC(=N)/C(=C\NC/C(=C/F)CN2C(=O)c3ccccc3C2=O)C1=O. The van der Waals surface area contributed by atoms with Crippen molar-refractivity contribution in [3.05, 3.63) is 59.1 Å². The Labute approximate surface area is 181 Å². The van der Waals surface area contributed by atoms with Crippen LogP contribution >= 0.6 is 0 Å². The summed E-state index contributed by atoms with van der Waals surface area (Å²) in [6.07, 6.45) is 2.23. The number of rotatable bonds is 6. The Morgan fingerprint density at radius 3 is 2.29 bits per heavy atom. The lowest BCUT2D eigenvalue weighted by Crippen LogP contribution is -2.45. The van der Waals surface area contributed by atoms with Crippen LogP contribution in [0.4, 0.5) is 4.39 Å². The van der Waals surface area contributed by atoms with Gasteiger partial charge in [0.25, 0.3) is 17.7 Å². The summed E-state index contributed by atoms with van der Waals surface area (Å²) in [5, 5.41) is 11.0. The van der Waals surface area contributed by atoms with Crippen LogP contribution in [-0.4, -0.2) is 59.4 Å². The highest BCUT2D eigenvalue weighted by molar-refractivity contribution is 6.22. The predicted molar refractivity (Wildman–Crippen MR) is 115 cm³/mol. The molecular weight excluding hydrogens is 399 g/mol. The van der Waals surface area contributed by atoms with Gasteiger partial charge in [-0.1, -0.05) is 32.9 Å². The number of imide groups is 1. The maximum Gasteiger partial charge on any atom is 0.261 e. The third-order valence-corrected chi connectivity index (χ3v) is 5.11. The normalized spacial score (nSPS) is 18.8. The highest BCUT2D eigenvalue weighted by atomic mass is 19.1. The number of piperidine rings is 1. The van der Waals surface area contributed by atoms with Crippen LogP contribution in [0, 0.1) is 10.8 Å². The summed E-state index contributed by atoms with van der Waals surface area (Å²) in [6, 6.07) is 6.49. The number of amides is 3. The fourth-order valence-corrected chi connectivity index (χ4v) is 3.65. The highest BCUT2D eigenvalue weighted by Gasteiger charge is 2.35. The number of hydrogen-bond donors (Lipinski definition) is 2. The van der Waals surface area contributed by atoms with E-state index in [0.29, 0.717) is 37.0 Å². The zero-order valence-electron chi connectivity index (χ0n) is 18.0. The van der Waals surface area contributed by atoms with Gasteiger partial charge in [0, 0.05) is 38.0 Å². The van der Waals surface area contributed by atoms with Gasteiger partial charge >= 0.3 is 0 Å². The molecule has 1 aromatic carbocycles. The van der Waals surface area contributed by atoms with Gasteiger partial charge in [-0.3, -0.25) is 19.3 Å². The Morgan fingerprint density at radius 1 is 1.13 bits per heavy atom. The minimum atomic E-state index is -0.458. The lowest BCUT2D eigenvalue weighted by molar-refractivity contribution is -0.128. The third kappa shape index (κ3) is 4.90. The highest BCUT2D eigenvalue weighted by Crippen LogP contribution is 2.23. The van der Waals surface area contributed by atoms with Gasteiger partial charge in [0.1, 0.15) is 0 Å². The molecular formula is C23H27FN4O3. The first-order valence-electron chi connectivity index (χ1n) is 10.2. The van der Waals surface area contributed by atoms with E-state index in [-0.39, 0.29) is 41.3 Å². The summed E-state index contributed by atoms with van der Waals surface area (Å²) in [4.78, 5) is 40.4. The number of halogens is 1. The van der Waals surface area contributed by atoms with Crippen molar-refractivity contribution in [1.82, 2.24) is 15.1 Å². The van der Waals surface area contributed by atoms with E-state index in [9.17, 15) is 18.8 Å². The first-order valence-corrected chi connectivity index (χ1v) is 10.2. The first kappa shape index (κ1) is 22.4. The molecule has 7 nitrogen and oxygen atoms in total. The molecule has 3 rings (SSSR count). The van der Waals surface area contributed by atoms with Crippen molar-refractivity contribution < 1.29 is 18.8 Å². The first-order chi connectivity index (χ1) is 14.6. The van der Waals surface area contributed by atoms with Crippen molar-refractivity contribution in [2.24, 2.45) is 5.41 Å². The summed E-state index contributed by atoms with van der Waals surface area (Å²) in [6.45, 7) is 7.00. The largest absolute Gasteiger partial charge is 0.386 e. The number of benzene rings is 1. The second-order valence-electron chi connectivity index (χ2n) is 8.96. The van der Waals surface area contributed by atoms with Gasteiger partial charge in [0.2, 0.25) is 0 Å². The molecule has 0 aliphatic carbocycles. The molecule has 0 atom stereocenters. The lowest BCUT2D eigenvalue weighted by atomic mass is 9.93. The fraction of sp³-hybridized carbons (Fsp3) is 0.391. The van der Waals surface area contributed by atoms with E-state index in [1.807, 2.05) is 20.8 Å². The molecule has 164 valence electrons. The van der Waals surface area contributed by atoms with E-state index in [0.717, 1.165) is 4.90 Å². The molecule has 0 unspecified atom stereocenters. The van der Waals surface area contributed by atoms with E-state index >= 15 is 0 Å². The summed E-state index contributed by atoms with van der Waals surface area (Å²) in [7, 11) is 0. The number of carbonyl (C=O) groups excluding carboxylic acids is 3. The average molecular weight is 426 g/mol. The molecule has 0 saturated carbocycles. The summed E-state index contributed by atoms with van der Waals surface area (Å²) in [5.74, 6) is -1.15. The average Bonchev–Trinajstić information content (AvgIpc) is 2.95. The molecule has 3 amide bonds. The molecule has 1 saturated heterocycles. The Balaban J connectivity index is 1.64. The van der Waals surface area contributed by atoms with E-state index in [1.165, 1.54) is 6.20 Å². The molecule has 8 heteroatoms.